The Bertz CT molecular complexity index is 423. The van der Waals surface area contributed by atoms with E-state index in [9.17, 15) is 14.4 Å². The Kier molecular flexibility index (Phi) is 10.1. The fraction of sp³-hybridized carbons (Fsp3) is 0.824. The van der Waals surface area contributed by atoms with Gasteiger partial charge in [0.25, 0.3) is 0 Å². The van der Waals surface area contributed by atoms with Gasteiger partial charge in [0.05, 0.1) is 12.3 Å². The molecular formula is C17H31NO6. The summed E-state index contributed by atoms with van der Waals surface area (Å²) in [6.07, 6.45) is -0.0895. The van der Waals surface area contributed by atoms with E-state index >= 15 is 0 Å². The lowest BCUT2D eigenvalue weighted by Crippen LogP contribution is -2.44. The van der Waals surface area contributed by atoms with E-state index in [1.807, 2.05) is 13.8 Å². The van der Waals surface area contributed by atoms with Crippen molar-refractivity contribution in [1.29, 1.82) is 0 Å². The third kappa shape index (κ3) is 8.74. The SMILES string of the molecule is CCC[C@@H](C)[C@@H](C)[C@H](CC(=O)O)NC(=O)O[C@@H](C)OC(=O)C(C)C. The van der Waals surface area contributed by atoms with Gasteiger partial charge in [-0.05, 0) is 11.8 Å². The zero-order valence-electron chi connectivity index (χ0n) is 15.5. The maximum Gasteiger partial charge on any atom is 0.410 e. The highest BCUT2D eigenvalue weighted by Crippen LogP contribution is 2.22. The Morgan fingerprint density at radius 3 is 2.08 bits per heavy atom. The van der Waals surface area contributed by atoms with E-state index in [0.717, 1.165) is 12.8 Å². The summed E-state index contributed by atoms with van der Waals surface area (Å²) in [5.74, 6) is -1.55. The van der Waals surface area contributed by atoms with E-state index in [4.69, 9.17) is 14.6 Å². The van der Waals surface area contributed by atoms with Crippen LogP contribution in [0, 0.1) is 17.8 Å². The van der Waals surface area contributed by atoms with Crippen molar-refractivity contribution in [2.75, 3.05) is 0 Å². The molecule has 0 bridgehead atoms. The second kappa shape index (κ2) is 10.9. The second-order valence-corrected chi connectivity index (χ2v) is 6.54. The van der Waals surface area contributed by atoms with Crippen molar-refractivity contribution in [3.63, 3.8) is 0 Å². The first-order chi connectivity index (χ1) is 11.1. The van der Waals surface area contributed by atoms with Crippen molar-refractivity contribution in [3.8, 4) is 0 Å². The number of hydrogen-bond acceptors (Lipinski definition) is 5. The van der Waals surface area contributed by atoms with Crippen LogP contribution in [0.5, 0.6) is 0 Å². The molecule has 0 aromatic carbocycles. The van der Waals surface area contributed by atoms with Crippen LogP contribution in [0.3, 0.4) is 0 Å². The average Bonchev–Trinajstić information content (AvgIpc) is 2.44. The normalized spacial score (nSPS) is 16.0. The Morgan fingerprint density at radius 2 is 1.62 bits per heavy atom. The molecule has 0 aliphatic heterocycles. The monoisotopic (exact) mass is 345 g/mol. The van der Waals surface area contributed by atoms with Gasteiger partial charge >= 0.3 is 18.0 Å². The molecule has 24 heavy (non-hydrogen) atoms. The van der Waals surface area contributed by atoms with Crippen molar-refractivity contribution in [2.45, 2.75) is 73.1 Å². The molecular weight excluding hydrogens is 314 g/mol. The number of carboxylic acids is 1. The van der Waals surface area contributed by atoms with Crippen molar-refractivity contribution in [2.24, 2.45) is 17.8 Å². The maximum absolute atomic E-state index is 12.0. The number of aliphatic carboxylic acids is 1. The van der Waals surface area contributed by atoms with Crippen molar-refractivity contribution < 1.29 is 29.0 Å². The van der Waals surface area contributed by atoms with Gasteiger partial charge in [-0.2, -0.15) is 0 Å². The number of esters is 1. The molecule has 0 rings (SSSR count). The fourth-order valence-corrected chi connectivity index (χ4v) is 2.33. The largest absolute Gasteiger partial charge is 0.481 e. The van der Waals surface area contributed by atoms with Gasteiger partial charge in [0.15, 0.2) is 0 Å². The van der Waals surface area contributed by atoms with Crippen LogP contribution in [0.4, 0.5) is 4.79 Å². The highest BCUT2D eigenvalue weighted by Gasteiger charge is 2.27. The Morgan fingerprint density at radius 1 is 1.04 bits per heavy atom. The molecule has 4 atom stereocenters. The van der Waals surface area contributed by atoms with E-state index in [1.54, 1.807) is 13.8 Å². The molecule has 0 spiro atoms. The molecule has 0 heterocycles. The number of carbonyl (C=O) groups is 3. The lowest BCUT2D eigenvalue weighted by Gasteiger charge is -2.28. The van der Waals surface area contributed by atoms with Gasteiger partial charge in [-0.15, -0.1) is 0 Å². The molecule has 0 aromatic rings. The first-order valence-corrected chi connectivity index (χ1v) is 8.47. The maximum atomic E-state index is 12.0. The summed E-state index contributed by atoms with van der Waals surface area (Å²) in [5, 5.41) is 11.6. The molecule has 2 N–H and O–H groups in total. The van der Waals surface area contributed by atoms with E-state index in [1.165, 1.54) is 6.92 Å². The van der Waals surface area contributed by atoms with Crippen LogP contribution in [0.1, 0.15) is 60.8 Å². The summed E-state index contributed by atoms with van der Waals surface area (Å²) >= 11 is 0. The minimum Gasteiger partial charge on any atom is -0.481 e. The Hall–Kier alpha value is -1.79. The number of amides is 1. The number of alkyl carbamates (subject to hydrolysis) is 1. The summed E-state index contributed by atoms with van der Waals surface area (Å²) in [6.45, 7) is 10.8. The number of carboxylic acid groups (broad SMARTS) is 1. The third-order valence-electron chi connectivity index (χ3n) is 4.00. The number of carbonyl (C=O) groups excluding carboxylic acids is 2. The van der Waals surface area contributed by atoms with Gasteiger partial charge in [-0.3, -0.25) is 9.59 Å². The van der Waals surface area contributed by atoms with Crippen LogP contribution in [0.2, 0.25) is 0 Å². The molecule has 0 saturated heterocycles. The molecule has 7 heteroatoms. The number of nitrogens with one attached hydrogen (secondary N) is 1. The van der Waals surface area contributed by atoms with E-state index in [-0.39, 0.29) is 24.2 Å². The van der Waals surface area contributed by atoms with E-state index < -0.39 is 30.4 Å². The molecule has 0 aromatic heterocycles. The Labute approximate surface area is 144 Å². The quantitative estimate of drug-likeness (QED) is 0.466. The minimum atomic E-state index is -1.03. The van der Waals surface area contributed by atoms with Crippen LogP contribution >= 0.6 is 0 Å². The molecule has 0 fully saturated rings. The van der Waals surface area contributed by atoms with Gasteiger partial charge in [-0.25, -0.2) is 4.79 Å². The molecule has 7 nitrogen and oxygen atoms in total. The Balaban J connectivity index is 4.69. The smallest absolute Gasteiger partial charge is 0.410 e. The van der Waals surface area contributed by atoms with Crippen LogP contribution in [0.15, 0.2) is 0 Å². The highest BCUT2D eigenvalue weighted by molar-refractivity contribution is 5.73. The predicted octanol–water partition coefficient (Wildman–Crippen LogP) is 3.17. The standard InChI is InChI=1S/C17H31NO6/c1-7-8-11(4)12(5)14(9-15(19)20)18-17(22)24-13(6)23-16(21)10(2)3/h10-14H,7-9H2,1-6H3,(H,18,22)(H,19,20)/t11-,12-,13+,14+/m1/s1. The van der Waals surface area contributed by atoms with Crippen LogP contribution < -0.4 is 5.32 Å². The minimum absolute atomic E-state index is 0.0258. The lowest BCUT2D eigenvalue weighted by molar-refractivity contribution is -0.168. The molecule has 0 aliphatic carbocycles. The molecule has 0 radical (unpaired) electrons. The van der Waals surface area contributed by atoms with Gasteiger partial charge in [0.1, 0.15) is 0 Å². The molecule has 0 aliphatic rings. The van der Waals surface area contributed by atoms with Crippen LogP contribution in [-0.4, -0.2) is 35.5 Å². The molecule has 140 valence electrons. The summed E-state index contributed by atoms with van der Waals surface area (Å²) in [7, 11) is 0. The van der Waals surface area contributed by atoms with Crippen molar-refractivity contribution in [3.05, 3.63) is 0 Å². The molecule has 1 amide bonds. The van der Waals surface area contributed by atoms with Crippen molar-refractivity contribution >= 4 is 18.0 Å². The van der Waals surface area contributed by atoms with Gasteiger partial charge < -0.3 is 19.9 Å². The number of rotatable bonds is 10. The van der Waals surface area contributed by atoms with E-state index in [2.05, 4.69) is 12.2 Å². The van der Waals surface area contributed by atoms with Crippen molar-refractivity contribution in [1.82, 2.24) is 5.32 Å². The number of ether oxygens (including phenoxy) is 2. The summed E-state index contributed by atoms with van der Waals surface area (Å²) in [5.41, 5.74) is 0. The summed E-state index contributed by atoms with van der Waals surface area (Å²) < 4.78 is 9.94. The third-order valence-corrected chi connectivity index (χ3v) is 4.00. The summed E-state index contributed by atoms with van der Waals surface area (Å²) in [6, 6.07) is -0.551. The first-order valence-electron chi connectivity index (χ1n) is 8.47. The number of hydrogen-bond donors (Lipinski definition) is 2. The van der Waals surface area contributed by atoms with E-state index in [0.29, 0.717) is 0 Å². The predicted molar refractivity (Wildman–Crippen MR) is 89.3 cm³/mol. The average molecular weight is 345 g/mol. The zero-order chi connectivity index (χ0) is 18.9. The molecule has 0 unspecified atom stereocenters. The first kappa shape index (κ1) is 22.2. The second-order valence-electron chi connectivity index (χ2n) is 6.54. The molecule has 0 saturated carbocycles. The highest BCUT2D eigenvalue weighted by atomic mass is 16.7. The van der Waals surface area contributed by atoms with Gasteiger partial charge in [0.2, 0.25) is 6.29 Å². The van der Waals surface area contributed by atoms with Gasteiger partial charge in [-0.1, -0.05) is 47.5 Å². The topological polar surface area (TPSA) is 102 Å². The van der Waals surface area contributed by atoms with Crippen LogP contribution in [0.25, 0.3) is 0 Å². The summed E-state index contributed by atoms with van der Waals surface area (Å²) in [4.78, 5) is 34.5. The van der Waals surface area contributed by atoms with Gasteiger partial charge in [0, 0.05) is 13.0 Å². The fourth-order valence-electron chi connectivity index (χ4n) is 2.33. The lowest BCUT2D eigenvalue weighted by atomic mass is 9.84. The zero-order valence-corrected chi connectivity index (χ0v) is 15.5. The van der Waals surface area contributed by atoms with Crippen LogP contribution in [-0.2, 0) is 19.1 Å².